The summed E-state index contributed by atoms with van der Waals surface area (Å²) in [6.45, 7) is 1.82. The zero-order chi connectivity index (χ0) is 20.7. The van der Waals surface area contributed by atoms with Gasteiger partial charge in [0.15, 0.2) is 5.82 Å². The summed E-state index contributed by atoms with van der Waals surface area (Å²) in [4.78, 5) is 14.5. The summed E-state index contributed by atoms with van der Waals surface area (Å²) in [6, 6.07) is 20.0. The molecule has 1 fully saturated rings. The van der Waals surface area contributed by atoms with E-state index in [4.69, 9.17) is 16.7 Å². The van der Waals surface area contributed by atoms with Crippen molar-refractivity contribution in [1.29, 1.82) is 0 Å². The van der Waals surface area contributed by atoms with Gasteiger partial charge in [0.1, 0.15) is 12.2 Å². The lowest BCUT2D eigenvalue weighted by Crippen LogP contribution is -2.44. The van der Waals surface area contributed by atoms with Crippen LogP contribution in [0.25, 0.3) is 22.0 Å². The Balaban J connectivity index is 1.66. The van der Waals surface area contributed by atoms with Crippen LogP contribution < -0.4 is 5.43 Å². The zero-order valence-corrected chi connectivity index (χ0v) is 17.4. The quantitative estimate of drug-likeness (QED) is 0.691. The summed E-state index contributed by atoms with van der Waals surface area (Å²) in [5.41, 5.74) is 7.82. The maximum absolute atomic E-state index is 12.7. The first-order chi connectivity index (χ1) is 14.6. The molecule has 2 aromatic carbocycles. The maximum Gasteiger partial charge on any atom is 0.244 e. The molecule has 2 aliphatic rings. The lowest BCUT2D eigenvalue weighted by Gasteiger charge is -2.32. The van der Waals surface area contributed by atoms with Gasteiger partial charge in [-0.3, -0.25) is 15.2 Å². The van der Waals surface area contributed by atoms with E-state index in [0.29, 0.717) is 5.03 Å². The Morgan fingerprint density at radius 1 is 1.03 bits per heavy atom. The Labute approximate surface area is 180 Å². The molecule has 0 spiro atoms. The first-order valence-electron chi connectivity index (χ1n) is 10.0. The zero-order valence-electron chi connectivity index (χ0n) is 16.7. The molecule has 0 saturated carbocycles. The van der Waals surface area contributed by atoms with E-state index in [9.17, 15) is 4.79 Å². The number of anilines is 1. The predicted octanol–water partition coefficient (Wildman–Crippen LogP) is 4.12. The number of likely N-dealkylation sites (tertiary alicyclic amines) is 1. The molecule has 0 aliphatic carbocycles. The number of hydrogen-bond acceptors (Lipinski definition) is 4. The molecule has 5 rings (SSSR count). The Hall–Kier alpha value is -3.25. The first-order valence-corrected chi connectivity index (χ1v) is 10.4. The van der Waals surface area contributed by atoms with Crippen LogP contribution in [0.3, 0.4) is 0 Å². The largest absolute Gasteiger partial charge is 0.341 e. The van der Waals surface area contributed by atoms with Gasteiger partial charge in [-0.1, -0.05) is 72.3 Å². The lowest BCUT2D eigenvalue weighted by atomic mass is 10.0. The van der Waals surface area contributed by atoms with Crippen molar-refractivity contribution in [3.05, 3.63) is 71.8 Å². The highest BCUT2D eigenvalue weighted by Gasteiger charge is 2.32. The highest BCUT2D eigenvalue weighted by atomic mass is 35.5. The molecule has 1 N–H and O–H groups in total. The maximum atomic E-state index is 12.7. The minimum Gasteiger partial charge on any atom is -0.341 e. The van der Waals surface area contributed by atoms with E-state index >= 15 is 0 Å². The molecule has 7 heteroatoms. The van der Waals surface area contributed by atoms with Crippen LogP contribution in [0.1, 0.15) is 17.5 Å². The van der Waals surface area contributed by atoms with Crippen molar-refractivity contribution in [3.8, 4) is 11.3 Å². The molecule has 3 heterocycles. The highest BCUT2D eigenvalue weighted by molar-refractivity contribution is 6.53. The summed E-state index contributed by atoms with van der Waals surface area (Å²) in [5, 5.41) is 7.32. The summed E-state index contributed by atoms with van der Waals surface area (Å²) >= 11 is 7.00. The monoisotopic (exact) mass is 419 g/mol. The number of carbonyl (C=O) groups is 1. The topological polar surface area (TPSA) is 53.4 Å². The van der Waals surface area contributed by atoms with Crippen molar-refractivity contribution in [3.63, 3.8) is 0 Å². The molecular formula is C23H22ClN5O. The van der Waals surface area contributed by atoms with Crippen LogP contribution in [0.2, 0.25) is 0 Å². The fraction of sp³-hybridized carbons (Fsp3) is 0.217. The number of aromatic nitrogens is 2. The fourth-order valence-corrected chi connectivity index (χ4v) is 4.30. The molecule has 2 aliphatic heterocycles. The molecule has 1 aromatic heterocycles. The van der Waals surface area contributed by atoms with Gasteiger partial charge in [-0.05, 0) is 6.42 Å². The smallest absolute Gasteiger partial charge is 0.244 e. The number of hydrogen-bond donors (Lipinski definition) is 1. The van der Waals surface area contributed by atoms with Crippen molar-refractivity contribution in [2.45, 2.75) is 13.0 Å². The molecule has 0 bridgehead atoms. The van der Waals surface area contributed by atoms with Crippen molar-refractivity contribution < 1.29 is 4.79 Å². The number of halogens is 1. The molecule has 1 amide bonds. The number of nitrogens with zero attached hydrogens (tertiary/aromatic N) is 4. The van der Waals surface area contributed by atoms with Gasteiger partial charge in [0.2, 0.25) is 5.91 Å². The Morgan fingerprint density at radius 3 is 2.27 bits per heavy atom. The van der Waals surface area contributed by atoms with Crippen LogP contribution in [0.15, 0.2) is 60.7 Å². The SMILES string of the molecule is CN1Nc2c(c(-c3ccccc3)nn2CC(=O)N2CCC2)C(Cl)=C1c1ccccc1. The van der Waals surface area contributed by atoms with Gasteiger partial charge in [0.05, 0.1) is 16.3 Å². The van der Waals surface area contributed by atoms with Crippen LogP contribution in [-0.2, 0) is 11.3 Å². The molecule has 30 heavy (non-hydrogen) atoms. The van der Waals surface area contributed by atoms with Gasteiger partial charge in [0.25, 0.3) is 0 Å². The molecule has 0 radical (unpaired) electrons. The van der Waals surface area contributed by atoms with E-state index in [1.165, 1.54) is 0 Å². The first kappa shape index (κ1) is 18.8. The summed E-state index contributed by atoms with van der Waals surface area (Å²) in [7, 11) is 1.92. The van der Waals surface area contributed by atoms with Gasteiger partial charge in [0, 0.05) is 31.3 Å². The standard InChI is InChI=1S/C23H22ClN5O/c1-27-22(17-11-6-3-7-12-17)20(24)19-21(16-9-4-2-5-10-16)25-29(23(19)26-27)15-18(30)28-13-8-14-28/h2-7,9-12,26H,8,13-15H2,1H3. The van der Waals surface area contributed by atoms with Gasteiger partial charge in [-0.2, -0.15) is 5.10 Å². The summed E-state index contributed by atoms with van der Waals surface area (Å²) in [5.74, 6) is 0.805. The number of hydrazine groups is 1. The van der Waals surface area contributed by atoms with Gasteiger partial charge >= 0.3 is 0 Å². The van der Waals surface area contributed by atoms with E-state index in [2.05, 4.69) is 5.43 Å². The molecule has 0 unspecified atom stereocenters. The predicted molar refractivity (Wildman–Crippen MR) is 119 cm³/mol. The minimum atomic E-state index is 0.0737. The fourth-order valence-electron chi connectivity index (χ4n) is 3.89. The number of fused-ring (bicyclic) bond motifs is 1. The molecule has 0 atom stereocenters. The van der Waals surface area contributed by atoms with Gasteiger partial charge in [-0.15, -0.1) is 0 Å². The normalized spacial score (nSPS) is 15.5. The van der Waals surface area contributed by atoms with Crippen molar-refractivity contribution in [2.24, 2.45) is 0 Å². The Bertz CT molecular complexity index is 1120. The van der Waals surface area contributed by atoms with E-state index in [0.717, 1.165) is 53.4 Å². The number of amides is 1. The van der Waals surface area contributed by atoms with E-state index in [1.807, 2.05) is 77.6 Å². The van der Waals surface area contributed by atoms with E-state index < -0.39 is 0 Å². The van der Waals surface area contributed by atoms with Crippen molar-refractivity contribution in [2.75, 3.05) is 25.6 Å². The minimum absolute atomic E-state index is 0.0737. The summed E-state index contributed by atoms with van der Waals surface area (Å²) < 4.78 is 1.74. The Morgan fingerprint density at radius 2 is 1.67 bits per heavy atom. The Kier molecular flexibility index (Phi) is 4.71. The average Bonchev–Trinajstić information content (AvgIpc) is 3.06. The molecule has 6 nitrogen and oxygen atoms in total. The number of benzene rings is 2. The molecular weight excluding hydrogens is 398 g/mol. The third kappa shape index (κ3) is 3.13. The van der Waals surface area contributed by atoms with Crippen molar-refractivity contribution >= 4 is 34.1 Å². The van der Waals surface area contributed by atoms with Crippen LogP contribution >= 0.6 is 11.6 Å². The van der Waals surface area contributed by atoms with Crippen LogP contribution in [0, 0.1) is 0 Å². The molecule has 3 aromatic rings. The van der Waals surface area contributed by atoms with Crippen molar-refractivity contribution in [1.82, 2.24) is 19.7 Å². The van der Waals surface area contributed by atoms with E-state index in [-0.39, 0.29) is 12.5 Å². The molecule has 1 saturated heterocycles. The summed E-state index contributed by atoms with van der Waals surface area (Å²) in [6.07, 6.45) is 1.06. The number of carbonyl (C=O) groups excluding carboxylic acids is 1. The third-order valence-electron chi connectivity index (χ3n) is 5.58. The molecule has 152 valence electrons. The number of rotatable bonds is 4. The second-order valence-corrected chi connectivity index (χ2v) is 7.91. The highest BCUT2D eigenvalue weighted by Crippen LogP contribution is 2.44. The third-order valence-corrected chi connectivity index (χ3v) is 5.95. The second kappa shape index (κ2) is 7.54. The van der Waals surface area contributed by atoms with Crippen LogP contribution in [0.4, 0.5) is 5.82 Å². The number of nitrogens with one attached hydrogen (secondary N) is 1. The van der Waals surface area contributed by atoms with Crippen LogP contribution in [-0.4, -0.2) is 45.7 Å². The average molecular weight is 420 g/mol. The van der Waals surface area contributed by atoms with Gasteiger partial charge < -0.3 is 4.90 Å². The van der Waals surface area contributed by atoms with E-state index in [1.54, 1.807) is 4.68 Å². The second-order valence-electron chi connectivity index (χ2n) is 7.53. The van der Waals surface area contributed by atoms with Crippen LogP contribution in [0.5, 0.6) is 0 Å². The van der Waals surface area contributed by atoms with Gasteiger partial charge in [-0.25, -0.2) is 4.68 Å². The lowest BCUT2D eigenvalue weighted by molar-refractivity contribution is -0.135.